The number of hydrogen-bond donors (Lipinski definition) is 1. The summed E-state index contributed by atoms with van der Waals surface area (Å²) in [6.07, 6.45) is 2.58. The molecule has 1 N–H and O–H groups in total. The number of aromatic nitrogens is 2. The molecule has 2 amide bonds. The summed E-state index contributed by atoms with van der Waals surface area (Å²) in [7, 11) is 0. The number of piperidine rings is 1. The molecular formula is C26H28N4O3. The Morgan fingerprint density at radius 3 is 2.27 bits per heavy atom. The summed E-state index contributed by atoms with van der Waals surface area (Å²) in [6, 6.07) is 22.7. The second-order valence-electron chi connectivity index (χ2n) is 8.29. The Morgan fingerprint density at radius 2 is 1.58 bits per heavy atom. The highest BCUT2D eigenvalue weighted by molar-refractivity contribution is 5.77. The average molecular weight is 445 g/mol. The molecule has 1 fully saturated rings. The lowest BCUT2D eigenvalue weighted by molar-refractivity contribution is -0.133. The van der Waals surface area contributed by atoms with E-state index in [1.807, 2.05) is 60.7 Å². The summed E-state index contributed by atoms with van der Waals surface area (Å²) in [6.45, 7) is 1.01. The topological polar surface area (TPSA) is 84.3 Å². The van der Waals surface area contributed by atoms with Crippen LogP contribution >= 0.6 is 0 Å². The predicted octanol–water partition coefficient (Wildman–Crippen LogP) is 2.65. The second-order valence-corrected chi connectivity index (χ2v) is 8.29. The van der Waals surface area contributed by atoms with Gasteiger partial charge in [-0.05, 0) is 30.9 Å². The Hall–Kier alpha value is -3.74. The van der Waals surface area contributed by atoms with Crippen molar-refractivity contribution in [2.45, 2.75) is 38.3 Å². The van der Waals surface area contributed by atoms with Gasteiger partial charge >= 0.3 is 0 Å². The number of carbonyl (C=O) groups excluding carboxylic acids is 2. The highest BCUT2D eigenvalue weighted by Gasteiger charge is 2.24. The molecule has 0 spiro atoms. The van der Waals surface area contributed by atoms with Crippen molar-refractivity contribution in [2.24, 2.45) is 0 Å². The summed E-state index contributed by atoms with van der Waals surface area (Å²) in [5.41, 5.74) is 2.39. The maximum atomic E-state index is 12.8. The molecule has 33 heavy (non-hydrogen) atoms. The van der Waals surface area contributed by atoms with Crippen LogP contribution < -0.4 is 10.9 Å². The van der Waals surface area contributed by atoms with E-state index in [0.717, 1.165) is 11.1 Å². The SMILES string of the molecule is O=C(CCc1ccccc1)NC1CCN(C(=O)Cn2nc(-c3ccccc3)ccc2=O)CC1. The molecule has 1 aromatic heterocycles. The molecule has 7 nitrogen and oxygen atoms in total. The Labute approximate surface area is 193 Å². The molecule has 0 saturated carbocycles. The van der Waals surface area contributed by atoms with Crippen LogP contribution in [0.3, 0.4) is 0 Å². The second kappa shape index (κ2) is 10.7. The molecule has 3 aromatic rings. The van der Waals surface area contributed by atoms with E-state index in [1.165, 1.54) is 10.7 Å². The van der Waals surface area contributed by atoms with Crippen molar-refractivity contribution < 1.29 is 9.59 Å². The van der Waals surface area contributed by atoms with Crippen LogP contribution in [0.2, 0.25) is 0 Å². The maximum Gasteiger partial charge on any atom is 0.267 e. The number of carbonyl (C=O) groups is 2. The molecule has 2 aromatic carbocycles. The van der Waals surface area contributed by atoms with Crippen molar-refractivity contribution in [2.75, 3.05) is 13.1 Å². The van der Waals surface area contributed by atoms with Gasteiger partial charge in [0.05, 0.1) is 5.69 Å². The number of hydrogen-bond acceptors (Lipinski definition) is 4. The van der Waals surface area contributed by atoms with Gasteiger partial charge in [0.15, 0.2) is 0 Å². The minimum atomic E-state index is -0.302. The maximum absolute atomic E-state index is 12.8. The van der Waals surface area contributed by atoms with Gasteiger partial charge < -0.3 is 10.2 Å². The fraction of sp³-hybridized carbons (Fsp3) is 0.308. The summed E-state index contributed by atoms with van der Waals surface area (Å²) >= 11 is 0. The van der Waals surface area contributed by atoms with Crippen LogP contribution in [0.1, 0.15) is 24.8 Å². The van der Waals surface area contributed by atoms with Gasteiger partial charge in [-0.25, -0.2) is 4.68 Å². The molecular weight excluding hydrogens is 416 g/mol. The van der Waals surface area contributed by atoms with Crippen LogP contribution in [0.4, 0.5) is 0 Å². The lowest BCUT2D eigenvalue weighted by Crippen LogP contribution is -2.48. The quantitative estimate of drug-likeness (QED) is 0.607. The summed E-state index contributed by atoms with van der Waals surface area (Å²) < 4.78 is 1.22. The van der Waals surface area contributed by atoms with Crippen LogP contribution in [0.5, 0.6) is 0 Å². The first-order valence-corrected chi connectivity index (χ1v) is 11.3. The highest BCUT2D eigenvalue weighted by atomic mass is 16.2. The first kappa shape index (κ1) is 22.5. The first-order chi connectivity index (χ1) is 16.1. The van der Waals surface area contributed by atoms with Crippen molar-refractivity contribution in [3.8, 4) is 11.3 Å². The lowest BCUT2D eigenvalue weighted by atomic mass is 10.0. The van der Waals surface area contributed by atoms with Gasteiger partial charge in [-0.15, -0.1) is 0 Å². The number of likely N-dealkylation sites (tertiary alicyclic amines) is 1. The molecule has 1 aliphatic rings. The molecule has 0 unspecified atom stereocenters. The first-order valence-electron chi connectivity index (χ1n) is 11.3. The van der Waals surface area contributed by atoms with E-state index in [4.69, 9.17) is 0 Å². The van der Waals surface area contributed by atoms with Crippen LogP contribution in [-0.4, -0.2) is 45.6 Å². The molecule has 0 atom stereocenters. The molecule has 0 bridgehead atoms. The van der Waals surface area contributed by atoms with E-state index in [-0.39, 0.29) is 30.0 Å². The van der Waals surface area contributed by atoms with Crippen molar-refractivity contribution >= 4 is 11.8 Å². The molecule has 2 heterocycles. The summed E-state index contributed by atoms with van der Waals surface area (Å²) in [4.78, 5) is 39.1. The molecule has 1 saturated heterocycles. The molecule has 4 rings (SSSR count). The lowest BCUT2D eigenvalue weighted by Gasteiger charge is -2.32. The van der Waals surface area contributed by atoms with Crippen LogP contribution in [0.15, 0.2) is 77.6 Å². The van der Waals surface area contributed by atoms with Gasteiger partial charge in [-0.1, -0.05) is 60.7 Å². The monoisotopic (exact) mass is 444 g/mol. The molecule has 170 valence electrons. The minimum absolute atomic E-state index is 0.0390. The van der Waals surface area contributed by atoms with Crippen molar-refractivity contribution in [3.05, 3.63) is 88.7 Å². The zero-order valence-electron chi connectivity index (χ0n) is 18.5. The third kappa shape index (κ3) is 6.16. The zero-order valence-corrected chi connectivity index (χ0v) is 18.5. The minimum Gasteiger partial charge on any atom is -0.353 e. The normalized spacial score (nSPS) is 14.1. The Bertz CT molecular complexity index is 1140. The number of aryl methyl sites for hydroxylation is 1. The van der Waals surface area contributed by atoms with Gasteiger partial charge in [0, 0.05) is 37.2 Å². The number of rotatable bonds is 7. The molecule has 0 aliphatic carbocycles. The van der Waals surface area contributed by atoms with E-state index in [0.29, 0.717) is 44.5 Å². The van der Waals surface area contributed by atoms with E-state index >= 15 is 0 Å². The van der Waals surface area contributed by atoms with E-state index in [1.54, 1.807) is 11.0 Å². The van der Waals surface area contributed by atoms with E-state index in [2.05, 4.69) is 10.4 Å². The van der Waals surface area contributed by atoms with E-state index in [9.17, 15) is 14.4 Å². The fourth-order valence-corrected chi connectivity index (χ4v) is 4.03. The highest BCUT2D eigenvalue weighted by Crippen LogP contribution is 2.15. The third-order valence-electron chi connectivity index (χ3n) is 5.92. The fourth-order valence-electron chi connectivity index (χ4n) is 4.03. The number of amides is 2. The van der Waals surface area contributed by atoms with Crippen LogP contribution in [0.25, 0.3) is 11.3 Å². The number of benzene rings is 2. The average Bonchev–Trinajstić information content (AvgIpc) is 2.86. The van der Waals surface area contributed by atoms with Gasteiger partial charge in [-0.2, -0.15) is 5.10 Å². The van der Waals surface area contributed by atoms with Gasteiger partial charge in [0.1, 0.15) is 6.54 Å². The Morgan fingerprint density at radius 1 is 0.909 bits per heavy atom. The third-order valence-corrected chi connectivity index (χ3v) is 5.92. The summed E-state index contributed by atoms with van der Waals surface area (Å²) in [5.74, 6) is -0.0965. The zero-order chi connectivity index (χ0) is 23.0. The number of nitrogens with zero attached hydrogens (tertiary/aromatic N) is 3. The van der Waals surface area contributed by atoms with Gasteiger partial charge in [0.25, 0.3) is 5.56 Å². The van der Waals surface area contributed by atoms with E-state index < -0.39 is 0 Å². The van der Waals surface area contributed by atoms with Crippen molar-refractivity contribution in [1.29, 1.82) is 0 Å². The summed E-state index contributed by atoms with van der Waals surface area (Å²) in [5, 5.41) is 7.47. The molecule has 7 heteroatoms. The van der Waals surface area contributed by atoms with Gasteiger partial charge in [-0.3, -0.25) is 14.4 Å². The van der Waals surface area contributed by atoms with Crippen molar-refractivity contribution in [1.82, 2.24) is 20.0 Å². The Kier molecular flexibility index (Phi) is 7.29. The van der Waals surface area contributed by atoms with Crippen LogP contribution in [0, 0.1) is 0 Å². The van der Waals surface area contributed by atoms with Crippen molar-refractivity contribution in [3.63, 3.8) is 0 Å². The standard InChI is InChI=1S/C26H28N4O3/c31-24(13-11-20-7-3-1-4-8-20)27-22-15-17-29(18-16-22)26(33)19-30-25(32)14-12-23(28-30)21-9-5-2-6-10-21/h1-10,12,14,22H,11,13,15-19H2,(H,27,31). The number of nitrogens with one attached hydrogen (secondary N) is 1. The van der Waals surface area contributed by atoms with Gasteiger partial charge in [0.2, 0.25) is 11.8 Å². The van der Waals surface area contributed by atoms with Crippen LogP contribution in [-0.2, 0) is 22.6 Å². The molecule has 1 aliphatic heterocycles. The Balaban J connectivity index is 1.26. The molecule has 0 radical (unpaired) electrons. The predicted molar refractivity (Wildman–Crippen MR) is 126 cm³/mol. The smallest absolute Gasteiger partial charge is 0.267 e. The largest absolute Gasteiger partial charge is 0.353 e.